The fourth-order valence-electron chi connectivity index (χ4n) is 1.39. The zero-order valence-corrected chi connectivity index (χ0v) is 10.1. The monoisotopic (exact) mass is 230 g/mol. The largest absolute Gasteiger partial charge is 0.463 e. The molecule has 0 atom stereocenters. The van der Waals surface area contributed by atoms with Crippen LogP contribution in [0.25, 0.3) is 0 Å². The van der Waals surface area contributed by atoms with Crippen LogP contribution in [0.15, 0.2) is 54.6 Å². The lowest BCUT2D eigenvalue weighted by atomic mass is 10.1. The minimum Gasteiger partial charge on any atom is -0.463 e. The van der Waals surface area contributed by atoms with E-state index >= 15 is 0 Å². The van der Waals surface area contributed by atoms with Crippen molar-refractivity contribution in [3.05, 3.63) is 60.2 Å². The van der Waals surface area contributed by atoms with Crippen molar-refractivity contribution in [2.24, 2.45) is 0 Å². The second-order valence-corrected chi connectivity index (χ2v) is 3.64. The molecule has 2 heteroatoms. The number of hydrogen-bond acceptors (Lipinski definition) is 2. The van der Waals surface area contributed by atoms with Gasteiger partial charge >= 0.3 is 5.97 Å². The van der Waals surface area contributed by atoms with E-state index in [4.69, 9.17) is 4.74 Å². The topological polar surface area (TPSA) is 26.3 Å². The number of aryl methyl sites for hydroxylation is 1. The van der Waals surface area contributed by atoms with Crippen molar-refractivity contribution in [3.8, 4) is 0 Å². The summed E-state index contributed by atoms with van der Waals surface area (Å²) in [6.45, 7) is 2.36. The van der Waals surface area contributed by atoms with Gasteiger partial charge in [-0.2, -0.15) is 0 Å². The van der Waals surface area contributed by atoms with Crippen molar-refractivity contribution in [3.63, 3.8) is 0 Å². The Hall–Kier alpha value is -1.83. The van der Waals surface area contributed by atoms with E-state index in [0.29, 0.717) is 6.61 Å². The summed E-state index contributed by atoms with van der Waals surface area (Å²) in [7, 11) is 0. The summed E-state index contributed by atoms with van der Waals surface area (Å²) >= 11 is 0. The van der Waals surface area contributed by atoms with Crippen LogP contribution in [0.5, 0.6) is 0 Å². The maximum Gasteiger partial charge on any atom is 0.330 e. The van der Waals surface area contributed by atoms with E-state index < -0.39 is 0 Å². The lowest BCUT2D eigenvalue weighted by Crippen LogP contribution is -2.03. The van der Waals surface area contributed by atoms with Gasteiger partial charge in [-0.15, -0.1) is 0 Å². The minimum absolute atomic E-state index is 0.281. The number of allylic oxidation sites excluding steroid dienone is 3. The second-order valence-electron chi connectivity index (χ2n) is 3.64. The summed E-state index contributed by atoms with van der Waals surface area (Å²) in [5, 5.41) is 0. The van der Waals surface area contributed by atoms with Crippen molar-refractivity contribution in [1.29, 1.82) is 0 Å². The van der Waals surface area contributed by atoms with Crippen molar-refractivity contribution in [2.75, 3.05) is 6.61 Å². The van der Waals surface area contributed by atoms with Crippen LogP contribution in [0.2, 0.25) is 0 Å². The number of rotatable bonds is 6. The third-order valence-electron chi connectivity index (χ3n) is 2.23. The van der Waals surface area contributed by atoms with E-state index in [1.807, 2.05) is 31.2 Å². The summed E-state index contributed by atoms with van der Waals surface area (Å²) in [5.74, 6) is -0.281. The molecule has 0 bridgehead atoms. The van der Waals surface area contributed by atoms with Crippen molar-refractivity contribution < 1.29 is 9.53 Å². The Labute approximate surface area is 103 Å². The summed E-state index contributed by atoms with van der Waals surface area (Å²) < 4.78 is 5.05. The number of carbonyl (C=O) groups excluding carboxylic acids is 1. The molecule has 17 heavy (non-hydrogen) atoms. The summed E-state index contributed by atoms with van der Waals surface area (Å²) in [6, 6.07) is 10.2. The first kappa shape index (κ1) is 13.2. The molecule has 0 heterocycles. The molecule has 1 rings (SSSR count). The van der Waals surface area contributed by atoms with E-state index in [-0.39, 0.29) is 5.97 Å². The molecule has 0 aliphatic carbocycles. The second kappa shape index (κ2) is 8.34. The van der Waals surface area contributed by atoms with Gasteiger partial charge in [-0.05, 0) is 25.3 Å². The highest BCUT2D eigenvalue weighted by Crippen LogP contribution is 2.02. The molecular formula is C15H18O2. The van der Waals surface area contributed by atoms with Gasteiger partial charge in [0.05, 0.1) is 6.61 Å². The first-order valence-electron chi connectivity index (χ1n) is 5.83. The summed E-state index contributed by atoms with van der Waals surface area (Å²) in [4.78, 5) is 11.2. The van der Waals surface area contributed by atoms with E-state index in [1.54, 1.807) is 12.2 Å². The summed E-state index contributed by atoms with van der Waals surface area (Å²) in [6.07, 6.45) is 8.56. The Morgan fingerprint density at radius 2 is 2.00 bits per heavy atom. The van der Waals surface area contributed by atoms with E-state index in [1.165, 1.54) is 11.6 Å². The van der Waals surface area contributed by atoms with Gasteiger partial charge in [0.15, 0.2) is 0 Å². The fraction of sp³-hybridized carbons (Fsp3) is 0.267. The van der Waals surface area contributed by atoms with Crippen LogP contribution in [-0.2, 0) is 16.0 Å². The average Bonchev–Trinajstić information content (AvgIpc) is 2.36. The molecule has 0 N–H and O–H groups in total. The van der Waals surface area contributed by atoms with Gasteiger partial charge in [-0.25, -0.2) is 4.79 Å². The molecule has 1 aromatic carbocycles. The van der Waals surface area contributed by atoms with E-state index in [0.717, 1.165) is 12.8 Å². The Morgan fingerprint density at radius 1 is 1.24 bits per heavy atom. The van der Waals surface area contributed by atoms with Crippen LogP contribution in [0.1, 0.15) is 18.9 Å². The fourth-order valence-corrected chi connectivity index (χ4v) is 1.39. The maximum absolute atomic E-state index is 11.2. The average molecular weight is 230 g/mol. The molecule has 0 aliphatic heterocycles. The molecule has 0 radical (unpaired) electrons. The predicted molar refractivity (Wildman–Crippen MR) is 69.7 cm³/mol. The van der Waals surface area contributed by atoms with Crippen LogP contribution < -0.4 is 0 Å². The molecule has 0 unspecified atom stereocenters. The number of benzene rings is 1. The standard InChI is InChI=1S/C15H18O2/c1-2-3-5-12-15(16)17-13-8-11-14-9-6-4-7-10-14/h2-7,9-10,12H,8,11,13H2,1H3/b3-2+,12-5?. The van der Waals surface area contributed by atoms with Gasteiger partial charge < -0.3 is 4.74 Å². The molecule has 0 saturated carbocycles. The van der Waals surface area contributed by atoms with Crippen LogP contribution in [0.3, 0.4) is 0 Å². The third-order valence-corrected chi connectivity index (χ3v) is 2.23. The van der Waals surface area contributed by atoms with Crippen LogP contribution >= 0.6 is 0 Å². The van der Waals surface area contributed by atoms with Gasteiger partial charge in [0, 0.05) is 6.08 Å². The van der Waals surface area contributed by atoms with Gasteiger partial charge in [-0.1, -0.05) is 48.6 Å². The number of esters is 1. The van der Waals surface area contributed by atoms with Crippen LogP contribution in [0.4, 0.5) is 0 Å². The van der Waals surface area contributed by atoms with E-state index in [9.17, 15) is 4.79 Å². The molecule has 1 aromatic rings. The molecule has 2 nitrogen and oxygen atoms in total. The molecule has 90 valence electrons. The Bertz CT molecular complexity index is 377. The lowest BCUT2D eigenvalue weighted by Gasteiger charge is -2.02. The van der Waals surface area contributed by atoms with Gasteiger partial charge in [0.1, 0.15) is 0 Å². The first-order valence-corrected chi connectivity index (χ1v) is 5.83. The van der Waals surface area contributed by atoms with Crippen molar-refractivity contribution in [2.45, 2.75) is 19.8 Å². The number of carbonyl (C=O) groups is 1. The Morgan fingerprint density at radius 3 is 2.71 bits per heavy atom. The van der Waals surface area contributed by atoms with Crippen LogP contribution in [-0.4, -0.2) is 12.6 Å². The normalized spacial score (nSPS) is 11.1. The third kappa shape index (κ3) is 6.36. The van der Waals surface area contributed by atoms with Crippen molar-refractivity contribution in [1.82, 2.24) is 0 Å². The zero-order chi connectivity index (χ0) is 12.3. The van der Waals surface area contributed by atoms with E-state index in [2.05, 4.69) is 12.1 Å². The summed E-state index contributed by atoms with van der Waals surface area (Å²) in [5.41, 5.74) is 1.27. The molecule has 0 amide bonds. The number of ether oxygens (including phenoxy) is 1. The first-order chi connectivity index (χ1) is 8.33. The highest BCUT2D eigenvalue weighted by atomic mass is 16.5. The highest BCUT2D eigenvalue weighted by Gasteiger charge is 1.96. The Kier molecular flexibility index (Phi) is 6.49. The molecule has 0 aromatic heterocycles. The minimum atomic E-state index is -0.281. The highest BCUT2D eigenvalue weighted by molar-refractivity contribution is 5.82. The lowest BCUT2D eigenvalue weighted by molar-refractivity contribution is -0.137. The maximum atomic E-state index is 11.2. The molecule has 0 saturated heterocycles. The van der Waals surface area contributed by atoms with Crippen molar-refractivity contribution >= 4 is 5.97 Å². The van der Waals surface area contributed by atoms with Gasteiger partial charge in [-0.3, -0.25) is 0 Å². The molecule has 0 fully saturated rings. The quantitative estimate of drug-likeness (QED) is 0.324. The molecule has 0 aliphatic rings. The SMILES string of the molecule is C/C=C/C=CC(=O)OCCCc1ccccc1. The predicted octanol–water partition coefficient (Wildman–Crippen LogP) is 3.29. The number of hydrogen-bond donors (Lipinski definition) is 0. The van der Waals surface area contributed by atoms with Crippen LogP contribution in [0, 0.1) is 0 Å². The van der Waals surface area contributed by atoms with Gasteiger partial charge in [0.2, 0.25) is 0 Å². The molecular weight excluding hydrogens is 212 g/mol. The smallest absolute Gasteiger partial charge is 0.330 e. The van der Waals surface area contributed by atoms with Gasteiger partial charge in [0.25, 0.3) is 0 Å². The zero-order valence-electron chi connectivity index (χ0n) is 10.1. The Balaban J connectivity index is 2.14. The molecule has 0 spiro atoms.